The van der Waals surface area contributed by atoms with Crippen LogP contribution in [0.15, 0.2) is 42.4 Å². The van der Waals surface area contributed by atoms with Crippen LogP contribution in [0.1, 0.15) is 0 Å². The molecule has 0 amide bonds. The number of nitrogens with zero attached hydrogens (tertiary/aromatic N) is 2. The summed E-state index contributed by atoms with van der Waals surface area (Å²) in [4.78, 5) is 2.33. The van der Waals surface area contributed by atoms with Gasteiger partial charge < -0.3 is 19.9 Å². The van der Waals surface area contributed by atoms with Crippen LogP contribution in [0.2, 0.25) is 0 Å². The van der Waals surface area contributed by atoms with E-state index in [1.807, 2.05) is 10.8 Å². The first-order chi connectivity index (χ1) is 10.3. The lowest BCUT2D eigenvalue weighted by Crippen LogP contribution is -2.36. The molecule has 2 N–H and O–H groups in total. The molecule has 0 atom stereocenters. The predicted octanol–water partition coefficient (Wildman–Crippen LogP) is 2.29. The zero-order chi connectivity index (χ0) is 14.7. The molecule has 21 heavy (non-hydrogen) atoms. The molecular weight excluding hydrogens is 269 g/mol. The number of nitrogens with two attached hydrogens (primary N) is 1. The van der Waals surface area contributed by atoms with Crippen LogP contribution in [0.25, 0.3) is 10.9 Å². The van der Waals surface area contributed by atoms with Gasteiger partial charge in [0.15, 0.2) is 0 Å². The number of halogens is 1. The number of hydrogen-bond acceptors (Lipinski definition) is 3. The van der Waals surface area contributed by atoms with E-state index < -0.39 is 0 Å². The minimum atomic E-state index is 0.238. The van der Waals surface area contributed by atoms with Crippen molar-refractivity contribution in [1.82, 2.24) is 4.57 Å². The Morgan fingerprint density at radius 3 is 2.81 bits per heavy atom. The Hall–Kier alpha value is -1.85. The molecule has 2 aromatic rings. The normalized spacial score (nSPS) is 16.7. The van der Waals surface area contributed by atoms with Crippen molar-refractivity contribution in [3.8, 4) is 0 Å². The van der Waals surface area contributed by atoms with Crippen LogP contribution in [-0.4, -0.2) is 37.4 Å². The predicted molar refractivity (Wildman–Crippen MR) is 83.2 cm³/mol. The van der Waals surface area contributed by atoms with E-state index in [0.717, 1.165) is 37.2 Å². The average molecular weight is 289 g/mol. The first kappa shape index (κ1) is 14.1. The van der Waals surface area contributed by atoms with Gasteiger partial charge in [-0.25, -0.2) is 4.39 Å². The van der Waals surface area contributed by atoms with Crippen LogP contribution in [0, 0.1) is 0 Å². The van der Waals surface area contributed by atoms with Crippen molar-refractivity contribution in [3.05, 3.63) is 42.4 Å². The largest absolute Gasteiger partial charge is 0.378 e. The molecule has 4 nitrogen and oxygen atoms in total. The Morgan fingerprint density at radius 2 is 2.10 bits per heavy atom. The number of benzene rings is 1. The lowest BCUT2D eigenvalue weighted by Gasteiger charge is -2.28. The van der Waals surface area contributed by atoms with Gasteiger partial charge in [0.1, 0.15) is 0 Å². The molecule has 1 aromatic heterocycles. The van der Waals surface area contributed by atoms with E-state index in [2.05, 4.69) is 29.2 Å². The molecule has 0 bridgehead atoms. The molecule has 0 saturated carbocycles. The van der Waals surface area contributed by atoms with Gasteiger partial charge in [0.05, 0.1) is 19.5 Å². The highest BCUT2D eigenvalue weighted by molar-refractivity contribution is 5.84. The van der Waals surface area contributed by atoms with Gasteiger partial charge in [0.2, 0.25) is 0 Å². The lowest BCUT2D eigenvalue weighted by atomic mass is 10.2. The fourth-order valence-corrected chi connectivity index (χ4v) is 2.71. The van der Waals surface area contributed by atoms with E-state index in [-0.39, 0.29) is 6.54 Å². The first-order valence-electron chi connectivity index (χ1n) is 7.21. The molecule has 5 heteroatoms. The number of anilines is 1. The number of rotatable bonds is 4. The van der Waals surface area contributed by atoms with Crippen molar-refractivity contribution in [3.63, 3.8) is 0 Å². The number of morpholine rings is 1. The van der Waals surface area contributed by atoms with Crippen LogP contribution in [-0.2, 0) is 11.3 Å². The van der Waals surface area contributed by atoms with Gasteiger partial charge in [-0.2, -0.15) is 0 Å². The summed E-state index contributed by atoms with van der Waals surface area (Å²) in [7, 11) is 0. The summed E-state index contributed by atoms with van der Waals surface area (Å²) < 4.78 is 20.1. The Kier molecular flexibility index (Phi) is 4.22. The Labute approximate surface area is 123 Å². The molecule has 0 radical (unpaired) electrons. The minimum Gasteiger partial charge on any atom is -0.378 e. The summed E-state index contributed by atoms with van der Waals surface area (Å²) >= 11 is 0. The van der Waals surface area contributed by atoms with Gasteiger partial charge >= 0.3 is 0 Å². The number of hydrogen-bond donors (Lipinski definition) is 1. The number of aromatic nitrogens is 1. The molecule has 0 unspecified atom stereocenters. The second-order valence-electron chi connectivity index (χ2n) is 5.26. The molecule has 1 aromatic carbocycles. The van der Waals surface area contributed by atoms with Crippen molar-refractivity contribution in [1.29, 1.82) is 0 Å². The van der Waals surface area contributed by atoms with Gasteiger partial charge in [0.25, 0.3) is 0 Å². The van der Waals surface area contributed by atoms with E-state index in [0.29, 0.717) is 18.4 Å². The highest BCUT2D eigenvalue weighted by Crippen LogP contribution is 2.24. The molecule has 1 aliphatic rings. The van der Waals surface area contributed by atoms with E-state index in [1.54, 1.807) is 0 Å². The molecule has 112 valence electrons. The average Bonchev–Trinajstić information content (AvgIpc) is 2.95. The maximum Gasteiger partial charge on any atom is 0.0889 e. The van der Waals surface area contributed by atoms with Crippen molar-refractivity contribution >= 4 is 16.6 Å². The first-order valence-corrected chi connectivity index (χ1v) is 7.21. The van der Waals surface area contributed by atoms with Crippen molar-refractivity contribution in [2.24, 2.45) is 5.73 Å². The fraction of sp³-hybridized carbons (Fsp3) is 0.375. The molecule has 3 rings (SSSR count). The van der Waals surface area contributed by atoms with Gasteiger partial charge in [-0.05, 0) is 29.8 Å². The maximum atomic E-state index is 12.7. The third-order valence-corrected chi connectivity index (χ3v) is 3.92. The SMILES string of the molecule is NC/C(=C\F)Cn1ccc2cc(N3CCOCC3)ccc21. The Balaban J connectivity index is 1.86. The second-order valence-corrected chi connectivity index (χ2v) is 5.26. The lowest BCUT2D eigenvalue weighted by molar-refractivity contribution is 0.122. The summed E-state index contributed by atoms with van der Waals surface area (Å²) in [6.45, 7) is 4.14. The zero-order valence-electron chi connectivity index (χ0n) is 12.0. The van der Waals surface area contributed by atoms with Gasteiger partial charge in [-0.15, -0.1) is 0 Å². The highest BCUT2D eigenvalue weighted by atomic mass is 19.1. The van der Waals surface area contributed by atoms with Gasteiger partial charge in [-0.1, -0.05) is 0 Å². The van der Waals surface area contributed by atoms with Crippen molar-refractivity contribution in [2.75, 3.05) is 37.7 Å². The summed E-state index contributed by atoms with van der Waals surface area (Å²) in [5.41, 5.74) is 8.42. The summed E-state index contributed by atoms with van der Waals surface area (Å²) in [5, 5.41) is 1.16. The number of fused-ring (bicyclic) bond motifs is 1. The summed E-state index contributed by atoms with van der Waals surface area (Å²) in [6.07, 6.45) is 2.58. The van der Waals surface area contributed by atoms with Crippen LogP contribution >= 0.6 is 0 Å². The molecule has 1 aliphatic heterocycles. The van der Waals surface area contributed by atoms with Crippen LogP contribution in [0.3, 0.4) is 0 Å². The maximum absolute atomic E-state index is 12.7. The van der Waals surface area contributed by atoms with E-state index in [1.165, 1.54) is 5.69 Å². The van der Waals surface area contributed by atoms with E-state index in [4.69, 9.17) is 10.5 Å². The minimum absolute atomic E-state index is 0.238. The van der Waals surface area contributed by atoms with Crippen LogP contribution in [0.4, 0.5) is 10.1 Å². The quantitative estimate of drug-likeness (QED) is 0.939. The zero-order valence-corrected chi connectivity index (χ0v) is 12.0. The Bertz CT molecular complexity index is 644. The molecule has 0 aliphatic carbocycles. The smallest absolute Gasteiger partial charge is 0.0889 e. The fourth-order valence-electron chi connectivity index (χ4n) is 2.71. The third kappa shape index (κ3) is 2.94. The van der Waals surface area contributed by atoms with Gasteiger partial charge in [0, 0.05) is 49.0 Å². The monoisotopic (exact) mass is 289 g/mol. The van der Waals surface area contributed by atoms with Crippen LogP contribution < -0.4 is 10.6 Å². The van der Waals surface area contributed by atoms with Crippen molar-refractivity contribution in [2.45, 2.75) is 6.54 Å². The summed E-state index contributed by atoms with van der Waals surface area (Å²) in [5.74, 6) is 0. The molecule has 1 saturated heterocycles. The topological polar surface area (TPSA) is 43.4 Å². The second kappa shape index (κ2) is 6.28. The molecule has 1 fully saturated rings. The van der Waals surface area contributed by atoms with Gasteiger partial charge in [-0.3, -0.25) is 0 Å². The molecule has 2 heterocycles. The van der Waals surface area contributed by atoms with Crippen LogP contribution in [0.5, 0.6) is 0 Å². The third-order valence-electron chi connectivity index (χ3n) is 3.92. The Morgan fingerprint density at radius 1 is 1.29 bits per heavy atom. The highest BCUT2D eigenvalue weighted by Gasteiger charge is 2.12. The van der Waals surface area contributed by atoms with E-state index >= 15 is 0 Å². The molecular formula is C16H20FN3O. The summed E-state index contributed by atoms with van der Waals surface area (Å²) in [6, 6.07) is 8.45. The van der Waals surface area contributed by atoms with E-state index in [9.17, 15) is 4.39 Å². The standard InChI is InChI=1S/C16H20FN3O/c17-10-13(11-18)12-20-4-3-14-9-15(1-2-16(14)20)19-5-7-21-8-6-19/h1-4,9-10H,5-8,11-12,18H2/b13-10+. The molecule has 0 spiro atoms. The van der Waals surface area contributed by atoms with Crippen molar-refractivity contribution < 1.29 is 9.13 Å². The number of ether oxygens (including phenoxy) is 1.